The predicted molar refractivity (Wildman–Crippen MR) is 77.0 cm³/mol. The number of non-ortho nitro benzene ring substituents is 1. The zero-order chi connectivity index (χ0) is 15.8. The van der Waals surface area contributed by atoms with E-state index in [4.69, 9.17) is 11.6 Å². The maximum Gasteiger partial charge on any atom is 0.271 e. The number of halogens is 1. The van der Waals surface area contributed by atoms with Crippen molar-refractivity contribution >= 4 is 33.0 Å². The van der Waals surface area contributed by atoms with Gasteiger partial charge in [-0.05, 0) is 19.9 Å². The second-order valence-electron chi connectivity index (χ2n) is 4.29. The number of rotatable bonds is 4. The summed E-state index contributed by atoms with van der Waals surface area (Å²) in [4.78, 5) is 10.0. The van der Waals surface area contributed by atoms with Gasteiger partial charge in [0.2, 0.25) is 0 Å². The number of aromatic amines is 1. The molecule has 0 radical (unpaired) electrons. The summed E-state index contributed by atoms with van der Waals surface area (Å²) < 4.78 is 26.9. The van der Waals surface area contributed by atoms with E-state index in [0.29, 0.717) is 11.4 Å². The second-order valence-corrected chi connectivity index (χ2v) is 6.32. The lowest BCUT2D eigenvalue weighted by Gasteiger charge is -2.09. The summed E-state index contributed by atoms with van der Waals surface area (Å²) in [6.07, 6.45) is 0. The van der Waals surface area contributed by atoms with Crippen LogP contribution < -0.4 is 4.72 Å². The lowest BCUT2D eigenvalue weighted by Crippen LogP contribution is -2.15. The highest BCUT2D eigenvalue weighted by molar-refractivity contribution is 7.92. The van der Waals surface area contributed by atoms with Gasteiger partial charge in [-0.1, -0.05) is 11.6 Å². The summed E-state index contributed by atoms with van der Waals surface area (Å²) in [5.74, 6) is 0. The smallest absolute Gasteiger partial charge is 0.271 e. The molecule has 2 aromatic rings. The van der Waals surface area contributed by atoms with Crippen molar-refractivity contribution in [1.82, 2.24) is 10.2 Å². The van der Waals surface area contributed by atoms with Gasteiger partial charge in [0.25, 0.3) is 15.7 Å². The van der Waals surface area contributed by atoms with Gasteiger partial charge in [-0.25, -0.2) is 8.42 Å². The van der Waals surface area contributed by atoms with Crippen LogP contribution in [0.25, 0.3) is 0 Å². The van der Waals surface area contributed by atoms with Crippen LogP contribution in [0.4, 0.5) is 11.4 Å². The first-order valence-electron chi connectivity index (χ1n) is 5.70. The molecule has 112 valence electrons. The fourth-order valence-corrected chi connectivity index (χ4v) is 3.56. The Hall–Kier alpha value is -2.13. The van der Waals surface area contributed by atoms with Gasteiger partial charge in [-0.3, -0.25) is 19.9 Å². The average molecular weight is 331 g/mol. The van der Waals surface area contributed by atoms with E-state index < -0.39 is 14.9 Å². The molecule has 0 saturated carbocycles. The summed E-state index contributed by atoms with van der Waals surface area (Å²) in [6.45, 7) is 3.13. The van der Waals surface area contributed by atoms with Crippen LogP contribution in [0, 0.1) is 24.0 Å². The fraction of sp³-hybridized carbons (Fsp3) is 0.182. The zero-order valence-electron chi connectivity index (χ0n) is 11.0. The number of nitrogens with zero attached hydrogens (tertiary/aromatic N) is 2. The van der Waals surface area contributed by atoms with Crippen LogP contribution in [0.5, 0.6) is 0 Å². The number of aryl methyl sites for hydroxylation is 2. The van der Waals surface area contributed by atoms with Crippen molar-refractivity contribution in [3.8, 4) is 0 Å². The van der Waals surface area contributed by atoms with E-state index in [9.17, 15) is 18.5 Å². The summed E-state index contributed by atoms with van der Waals surface area (Å²) >= 11 is 5.87. The van der Waals surface area contributed by atoms with Crippen molar-refractivity contribution in [2.45, 2.75) is 18.7 Å². The Bertz CT molecular complexity index is 796. The van der Waals surface area contributed by atoms with Crippen molar-refractivity contribution in [2.24, 2.45) is 0 Å². The molecule has 1 heterocycles. The molecule has 2 N–H and O–H groups in total. The minimum absolute atomic E-state index is 0.0249. The molecule has 0 bridgehead atoms. The molecule has 1 aromatic carbocycles. The first kappa shape index (κ1) is 15.3. The van der Waals surface area contributed by atoms with E-state index in [1.165, 1.54) is 12.1 Å². The third kappa shape index (κ3) is 2.98. The van der Waals surface area contributed by atoms with Gasteiger partial charge in [-0.15, -0.1) is 0 Å². The number of H-pyrrole nitrogens is 1. The zero-order valence-corrected chi connectivity index (χ0v) is 12.6. The second kappa shape index (κ2) is 5.34. The summed E-state index contributed by atoms with van der Waals surface area (Å²) in [5.41, 5.74) is 0.539. The number of nitro benzene ring substituents is 1. The van der Waals surface area contributed by atoms with Crippen molar-refractivity contribution in [3.05, 3.63) is 44.7 Å². The molecular weight excluding hydrogens is 320 g/mol. The number of hydrogen-bond acceptors (Lipinski definition) is 5. The largest absolute Gasteiger partial charge is 0.281 e. The molecule has 0 aliphatic carbocycles. The number of hydrogen-bond donors (Lipinski definition) is 2. The number of nitrogens with one attached hydrogen (secondary N) is 2. The first-order valence-corrected chi connectivity index (χ1v) is 7.57. The molecule has 0 atom stereocenters. The van der Waals surface area contributed by atoms with Crippen molar-refractivity contribution < 1.29 is 13.3 Å². The molecule has 0 aliphatic heterocycles. The topological polar surface area (TPSA) is 118 Å². The Morgan fingerprint density at radius 1 is 1.38 bits per heavy atom. The quantitative estimate of drug-likeness (QED) is 0.659. The highest BCUT2D eigenvalue weighted by Crippen LogP contribution is 2.29. The lowest BCUT2D eigenvalue weighted by molar-refractivity contribution is -0.384. The number of anilines is 1. The molecule has 8 nitrogen and oxygen atoms in total. The molecule has 0 fully saturated rings. The average Bonchev–Trinajstić information content (AvgIpc) is 2.71. The van der Waals surface area contributed by atoms with Crippen LogP contribution in [-0.2, 0) is 10.0 Å². The lowest BCUT2D eigenvalue weighted by atomic mass is 10.3. The number of aromatic nitrogens is 2. The molecular formula is C11H11ClN4O4S. The van der Waals surface area contributed by atoms with Gasteiger partial charge >= 0.3 is 0 Å². The monoisotopic (exact) mass is 330 g/mol. The molecule has 0 spiro atoms. The molecule has 0 aliphatic rings. The van der Waals surface area contributed by atoms with Crippen LogP contribution in [0.3, 0.4) is 0 Å². The third-order valence-electron chi connectivity index (χ3n) is 2.74. The van der Waals surface area contributed by atoms with E-state index in [1.807, 2.05) is 0 Å². The molecule has 0 unspecified atom stereocenters. The Morgan fingerprint density at radius 3 is 2.52 bits per heavy atom. The van der Waals surface area contributed by atoms with E-state index >= 15 is 0 Å². The van der Waals surface area contributed by atoms with E-state index in [-0.39, 0.29) is 21.3 Å². The summed E-state index contributed by atoms with van der Waals surface area (Å²) in [5, 5.41) is 17.0. The normalized spacial score (nSPS) is 11.4. The van der Waals surface area contributed by atoms with Crippen LogP contribution in [-0.4, -0.2) is 23.5 Å². The van der Waals surface area contributed by atoms with Crippen LogP contribution in [0.1, 0.15) is 11.4 Å². The Labute approximate surface area is 125 Å². The van der Waals surface area contributed by atoms with Crippen LogP contribution >= 0.6 is 11.6 Å². The van der Waals surface area contributed by atoms with Gasteiger partial charge < -0.3 is 0 Å². The number of benzene rings is 1. The van der Waals surface area contributed by atoms with Crippen molar-refractivity contribution in [3.63, 3.8) is 0 Å². The Kier molecular flexibility index (Phi) is 3.88. The minimum Gasteiger partial charge on any atom is -0.281 e. The molecule has 1 aromatic heterocycles. The fourth-order valence-electron chi connectivity index (χ4n) is 1.83. The number of nitro groups is 1. The predicted octanol–water partition coefficient (Wildman–Crippen LogP) is 2.39. The third-order valence-corrected chi connectivity index (χ3v) is 4.68. The van der Waals surface area contributed by atoms with E-state index in [2.05, 4.69) is 14.9 Å². The Balaban J connectivity index is 2.40. The molecule has 0 saturated heterocycles. The highest BCUT2D eigenvalue weighted by Gasteiger charge is 2.23. The van der Waals surface area contributed by atoms with Gasteiger partial charge in [0, 0.05) is 12.1 Å². The van der Waals surface area contributed by atoms with E-state index in [0.717, 1.165) is 6.07 Å². The molecule has 2 rings (SSSR count). The standard InChI is InChI=1S/C11H11ClN4O4S/c1-6-11(7(2)14-13-6)21(19,20)15-10-4-3-8(16(17)18)5-9(10)12/h3-5,15H,1-2H3,(H,13,14). The number of sulfonamides is 1. The maximum absolute atomic E-state index is 12.3. The van der Waals surface area contributed by atoms with Gasteiger partial charge in [0.1, 0.15) is 4.90 Å². The first-order chi connectivity index (χ1) is 9.72. The summed E-state index contributed by atoms with van der Waals surface area (Å²) in [6, 6.07) is 3.48. The van der Waals surface area contributed by atoms with Gasteiger partial charge in [0.15, 0.2) is 0 Å². The highest BCUT2D eigenvalue weighted by atomic mass is 35.5. The molecule has 21 heavy (non-hydrogen) atoms. The minimum atomic E-state index is -3.88. The van der Waals surface area contributed by atoms with Gasteiger partial charge in [0.05, 0.1) is 27.0 Å². The van der Waals surface area contributed by atoms with E-state index in [1.54, 1.807) is 13.8 Å². The molecule has 0 amide bonds. The molecule has 10 heteroatoms. The Morgan fingerprint density at radius 2 is 2.05 bits per heavy atom. The van der Waals surface area contributed by atoms with Crippen LogP contribution in [0.15, 0.2) is 23.1 Å². The summed E-state index contributed by atoms with van der Waals surface area (Å²) in [7, 11) is -3.88. The maximum atomic E-state index is 12.3. The van der Waals surface area contributed by atoms with Crippen molar-refractivity contribution in [2.75, 3.05) is 4.72 Å². The van der Waals surface area contributed by atoms with Crippen LogP contribution in [0.2, 0.25) is 5.02 Å². The van der Waals surface area contributed by atoms with Crippen molar-refractivity contribution in [1.29, 1.82) is 0 Å². The van der Waals surface area contributed by atoms with Gasteiger partial charge in [-0.2, -0.15) is 5.10 Å². The SMILES string of the molecule is Cc1n[nH]c(C)c1S(=O)(=O)Nc1ccc([N+](=O)[O-])cc1Cl.